The molecule has 29 heavy (non-hydrogen) atoms. The van der Waals surface area contributed by atoms with Crippen molar-refractivity contribution >= 4 is 33.3 Å². The van der Waals surface area contributed by atoms with Gasteiger partial charge in [-0.3, -0.25) is 4.79 Å². The zero-order valence-corrected chi connectivity index (χ0v) is 17.8. The maximum Gasteiger partial charge on any atom is 0.217 e. The number of aromatic nitrogens is 2. The molecule has 0 radical (unpaired) electrons. The quantitative estimate of drug-likeness (QED) is 0.692. The second-order valence-corrected chi connectivity index (χ2v) is 8.33. The lowest BCUT2D eigenvalue weighted by Gasteiger charge is -2.18. The molecule has 8 heteroatoms. The molecule has 1 saturated heterocycles. The van der Waals surface area contributed by atoms with Crippen molar-refractivity contribution in [3.8, 4) is 22.6 Å². The highest BCUT2D eigenvalue weighted by Crippen LogP contribution is 2.43. The van der Waals surface area contributed by atoms with Crippen molar-refractivity contribution in [3.05, 3.63) is 29.4 Å². The fourth-order valence-electron chi connectivity index (χ4n) is 3.92. The third-order valence-electron chi connectivity index (χ3n) is 5.20. The molecule has 3 aromatic rings. The van der Waals surface area contributed by atoms with Crippen molar-refractivity contribution in [3.63, 3.8) is 0 Å². The first-order chi connectivity index (χ1) is 14.0. The number of amides is 1. The van der Waals surface area contributed by atoms with E-state index in [-0.39, 0.29) is 11.9 Å². The largest absolute Gasteiger partial charge is 0.493 e. The minimum atomic E-state index is 0.00684. The molecule has 0 spiro atoms. The van der Waals surface area contributed by atoms with Crippen LogP contribution in [0.5, 0.6) is 11.5 Å². The van der Waals surface area contributed by atoms with Gasteiger partial charge < -0.3 is 19.7 Å². The van der Waals surface area contributed by atoms with E-state index in [9.17, 15) is 4.79 Å². The fraction of sp³-hybridized carbons (Fsp3) is 0.381. The van der Waals surface area contributed by atoms with Gasteiger partial charge in [0.25, 0.3) is 0 Å². The summed E-state index contributed by atoms with van der Waals surface area (Å²) in [6, 6.07) is 6.08. The number of aryl methyl sites for hydroxylation is 1. The van der Waals surface area contributed by atoms with Crippen molar-refractivity contribution in [1.29, 1.82) is 0 Å². The standard InChI is InChI=1S/C21H24N4O3S/c1-12-18(14-5-6-16(27-3)17(9-14)28-4)19-20(29-12)21(23-11-22-19)25-8-7-15(10-25)24-13(2)26/h5-6,9,11,15H,7-8,10H2,1-4H3,(H,24,26)/t15-/m1/s1. The lowest BCUT2D eigenvalue weighted by atomic mass is 10.0. The van der Waals surface area contributed by atoms with E-state index in [1.807, 2.05) is 18.2 Å². The maximum atomic E-state index is 11.4. The molecule has 0 unspecified atom stereocenters. The minimum absolute atomic E-state index is 0.00684. The highest BCUT2D eigenvalue weighted by Gasteiger charge is 2.27. The van der Waals surface area contributed by atoms with Crippen LogP contribution in [0.2, 0.25) is 0 Å². The van der Waals surface area contributed by atoms with E-state index in [0.29, 0.717) is 11.5 Å². The number of thiophene rings is 1. The lowest BCUT2D eigenvalue weighted by Crippen LogP contribution is -2.35. The highest BCUT2D eigenvalue weighted by atomic mass is 32.1. The average Bonchev–Trinajstić information content (AvgIpc) is 3.30. The van der Waals surface area contributed by atoms with Gasteiger partial charge in [-0.15, -0.1) is 11.3 Å². The minimum Gasteiger partial charge on any atom is -0.493 e. The van der Waals surface area contributed by atoms with Gasteiger partial charge >= 0.3 is 0 Å². The van der Waals surface area contributed by atoms with Gasteiger partial charge in [-0.05, 0) is 31.0 Å². The molecule has 1 aliphatic heterocycles. The Bertz CT molecular complexity index is 1070. The Hall–Kier alpha value is -2.87. The highest BCUT2D eigenvalue weighted by molar-refractivity contribution is 7.20. The van der Waals surface area contributed by atoms with Crippen LogP contribution in [0.3, 0.4) is 0 Å². The number of fused-ring (bicyclic) bond motifs is 1. The molecular formula is C21H24N4O3S. The van der Waals surface area contributed by atoms with Crippen molar-refractivity contribution in [2.45, 2.75) is 26.3 Å². The predicted molar refractivity (Wildman–Crippen MR) is 115 cm³/mol. The summed E-state index contributed by atoms with van der Waals surface area (Å²) in [6.45, 7) is 5.28. The second kappa shape index (κ2) is 7.87. The third kappa shape index (κ3) is 3.60. The van der Waals surface area contributed by atoms with Crippen LogP contribution < -0.4 is 19.7 Å². The molecule has 4 rings (SSSR count). The van der Waals surface area contributed by atoms with E-state index < -0.39 is 0 Å². The van der Waals surface area contributed by atoms with Gasteiger partial charge in [0.2, 0.25) is 5.91 Å². The number of ether oxygens (including phenoxy) is 2. The molecule has 2 aromatic heterocycles. The molecule has 1 N–H and O–H groups in total. The van der Waals surface area contributed by atoms with Crippen molar-refractivity contribution in [2.24, 2.45) is 0 Å². The van der Waals surface area contributed by atoms with Crippen LogP contribution in [0.15, 0.2) is 24.5 Å². The van der Waals surface area contributed by atoms with E-state index in [4.69, 9.17) is 9.47 Å². The Balaban J connectivity index is 1.75. The number of benzene rings is 1. The van der Waals surface area contributed by atoms with Gasteiger partial charge in [0.15, 0.2) is 11.5 Å². The normalized spacial score (nSPS) is 16.3. The van der Waals surface area contributed by atoms with Crippen molar-refractivity contribution in [1.82, 2.24) is 15.3 Å². The third-order valence-corrected chi connectivity index (χ3v) is 6.29. The maximum absolute atomic E-state index is 11.4. The van der Waals surface area contributed by atoms with Gasteiger partial charge in [-0.25, -0.2) is 9.97 Å². The average molecular weight is 413 g/mol. The molecule has 0 aliphatic carbocycles. The first-order valence-electron chi connectivity index (χ1n) is 9.50. The van der Waals surface area contributed by atoms with E-state index in [1.54, 1.807) is 38.8 Å². The molecule has 1 atom stereocenters. The summed E-state index contributed by atoms with van der Waals surface area (Å²) in [6.07, 6.45) is 2.54. The summed E-state index contributed by atoms with van der Waals surface area (Å²) in [5.74, 6) is 2.33. The Morgan fingerprint density at radius 1 is 1.24 bits per heavy atom. The number of hydrogen-bond donors (Lipinski definition) is 1. The summed E-state index contributed by atoms with van der Waals surface area (Å²) in [5.41, 5.74) is 3.06. The van der Waals surface area contributed by atoms with Gasteiger partial charge in [0, 0.05) is 36.5 Å². The molecular weight excluding hydrogens is 388 g/mol. The van der Waals surface area contributed by atoms with Gasteiger partial charge in [0.1, 0.15) is 12.1 Å². The summed E-state index contributed by atoms with van der Waals surface area (Å²) in [5, 5.41) is 3.01. The Morgan fingerprint density at radius 3 is 2.76 bits per heavy atom. The summed E-state index contributed by atoms with van der Waals surface area (Å²) in [4.78, 5) is 24.0. The first kappa shape index (κ1) is 19.4. The van der Waals surface area contributed by atoms with Gasteiger partial charge in [-0.2, -0.15) is 0 Å². The van der Waals surface area contributed by atoms with E-state index in [1.165, 1.54) is 4.88 Å². The number of rotatable bonds is 5. The summed E-state index contributed by atoms with van der Waals surface area (Å²) >= 11 is 1.70. The van der Waals surface area contributed by atoms with Crippen LogP contribution in [-0.4, -0.2) is 49.2 Å². The smallest absolute Gasteiger partial charge is 0.217 e. The van der Waals surface area contributed by atoms with Crippen LogP contribution in [0.25, 0.3) is 21.3 Å². The van der Waals surface area contributed by atoms with Crippen LogP contribution in [-0.2, 0) is 4.79 Å². The zero-order valence-electron chi connectivity index (χ0n) is 17.0. The van der Waals surface area contributed by atoms with Crippen LogP contribution in [0.1, 0.15) is 18.2 Å². The molecule has 152 valence electrons. The molecule has 0 saturated carbocycles. The summed E-state index contributed by atoms with van der Waals surface area (Å²) in [7, 11) is 3.27. The van der Waals surface area contributed by atoms with Crippen LogP contribution in [0, 0.1) is 6.92 Å². The van der Waals surface area contributed by atoms with Crippen LogP contribution >= 0.6 is 11.3 Å². The number of carbonyl (C=O) groups is 1. The van der Waals surface area contributed by atoms with Crippen LogP contribution in [0.4, 0.5) is 5.82 Å². The van der Waals surface area contributed by atoms with Gasteiger partial charge in [0.05, 0.1) is 24.4 Å². The van der Waals surface area contributed by atoms with Crippen molar-refractivity contribution < 1.29 is 14.3 Å². The molecule has 1 aliphatic rings. The number of hydrogen-bond acceptors (Lipinski definition) is 7. The number of nitrogens with zero attached hydrogens (tertiary/aromatic N) is 3. The topological polar surface area (TPSA) is 76.6 Å². The van der Waals surface area contributed by atoms with E-state index in [2.05, 4.69) is 27.1 Å². The number of nitrogens with one attached hydrogen (secondary N) is 1. The Morgan fingerprint density at radius 2 is 2.03 bits per heavy atom. The molecule has 1 aromatic carbocycles. The van der Waals surface area contributed by atoms with E-state index in [0.717, 1.165) is 46.7 Å². The summed E-state index contributed by atoms with van der Waals surface area (Å²) < 4.78 is 11.9. The SMILES string of the molecule is COc1ccc(-c2c(C)sc3c(N4CC[C@@H](NC(C)=O)C4)ncnc23)cc1OC. The van der Waals surface area contributed by atoms with Crippen molar-refractivity contribution in [2.75, 3.05) is 32.2 Å². The number of carbonyl (C=O) groups excluding carboxylic acids is 1. The number of methoxy groups -OCH3 is 2. The molecule has 7 nitrogen and oxygen atoms in total. The molecule has 0 bridgehead atoms. The Labute approximate surface area is 173 Å². The zero-order chi connectivity index (χ0) is 20.5. The monoisotopic (exact) mass is 412 g/mol. The van der Waals surface area contributed by atoms with Gasteiger partial charge in [-0.1, -0.05) is 6.07 Å². The lowest BCUT2D eigenvalue weighted by molar-refractivity contribution is -0.119. The fourth-order valence-corrected chi connectivity index (χ4v) is 5.07. The first-order valence-corrected chi connectivity index (χ1v) is 10.3. The Kier molecular flexibility index (Phi) is 5.27. The molecule has 3 heterocycles. The molecule has 1 amide bonds. The molecule has 1 fully saturated rings. The number of anilines is 1. The second-order valence-electron chi connectivity index (χ2n) is 7.11. The predicted octanol–water partition coefficient (Wildman–Crippen LogP) is 3.40. The van der Waals surface area contributed by atoms with E-state index >= 15 is 0 Å².